The van der Waals surface area contributed by atoms with Crippen LogP contribution >= 0.6 is 0 Å². The van der Waals surface area contributed by atoms with Gasteiger partial charge in [-0.3, -0.25) is 0 Å². The molecule has 3 fully saturated rings. The zero-order chi connectivity index (χ0) is 8.39. The van der Waals surface area contributed by atoms with E-state index >= 15 is 0 Å². The van der Waals surface area contributed by atoms with Crippen molar-refractivity contribution in [3.8, 4) is 0 Å². The zero-order valence-corrected chi connectivity index (χ0v) is 7.84. The summed E-state index contributed by atoms with van der Waals surface area (Å²) < 4.78 is 0. The second-order valence-corrected chi connectivity index (χ2v) is 4.01. The average molecular weight is 169 g/mol. The van der Waals surface area contributed by atoms with Crippen molar-refractivity contribution >= 4 is 0 Å². The molecule has 3 heterocycles. The highest BCUT2D eigenvalue weighted by molar-refractivity contribution is 4.97. The highest BCUT2D eigenvalue weighted by atomic mass is 15.3. The molecule has 2 bridgehead atoms. The Hall–Kier alpha value is -0.120. The summed E-state index contributed by atoms with van der Waals surface area (Å²) in [7, 11) is 2.02. The van der Waals surface area contributed by atoms with E-state index in [1.54, 1.807) is 0 Å². The predicted octanol–water partition coefficient (Wildman–Crippen LogP) is -0.358. The van der Waals surface area contributed by atoms with Crippen molar-refractivity contribution in [2.45, 2.75) is 24.9 Å². The lowest BCUT2D eigenvalue weighted by Crippen LogP contribution is -2.66. The standard InChI is InChI=1S/C9H19N3/c1-10-3-2-4-12-6-8-5-9(7-12)11-8/h8-11H,2-7H2,1H3. The molecule has 0 radical (unpaired) electrons. The van der Waals surface area contributed by atoms with Crippen molar-refractivity contribution < 1.29 is 0 Å². The Morgan fingerprint density at radius 2 is 2.08 bits per heavy atom. The van der Waals surface area contributed by atoms with Gasteiger partial charge in [-0.2, -0.15) is 0 Å². The molecule has 0 aromatic carbocycles. The van der Waals surface area contributed by atoms with Crippen LogP contribution in [0.15, 0.2) is 0 Å². The maximum Gasteiger partial charge on any atom is 0.0213 e. The molecule has 3 aliphatic heterocycles. The lowest BCUT2D eigenvalue weighted by Gasteiger charge is -2.48. The first-order valence-corrected chi connectivity index (χ1v) is 5.01. The van der Waals surface area contributed by atoms with E-state index in [-0.39, 0.29) is 0 Å². The summed E-state index contributed by atoms with van der Waals surface area (Å²) in [6.45, 7) is 4.98. The number of piperazine rings is 1. The second-order valence-electron chi connectivity index (χ2n) is 4.01. The lowest BCUT2D eigenvalue weighted by atomic mass is 9.91. The summed E-state index contributed by atoms with van der Waals surface area (Å²) in [5, 5.41) is 6.73. The van der Waals surface area contributed by atoms with E-state index < -0.39 is 0 Å². The first kappa shape index (κ1) is 8.48. The summed E-state index contributed by atoms with van der Waals surface area (Å²) >= 11 is 0. The number of hydrogen-bond donors (Lipinski definition) is 2. The van der Waals surface area contributed by atoms with Gasteiger partial charge in [-0.25, -0.2) is 0 Å². The van der Waals surface area contributed by atoms with Crippen LogP contribution in [-0.2, 0) is 0 Å². The van der Waals surface area contributed by atoms with Crippen molar-refractivity contribution in [3.63, 3.8) is 0 Å². The molecule has 3 nitrogen and oxygen atoms in total. The Morgan fingerprint density at radius 1 is 1.42 bits per heavy atom. The van der Waals surface area contributed by atoms with Gasteiger partial charge >= 0.3 is 0 Å². The highest BCUT2D eigenvalue weighted by Crippen LogP contribution is 2.20. The SMILES string of the molecule is CNCCCN1CC2CC(C1)N2. The van der Waals surface area contributed by atoms with Gasteiger partial charge in [0.2, 0.25) is 0 Å². The van der Waals surface area contributed by atoms with Crippen molar-refractivity contribution in [2.24, 2.45) is 0 Å². The summed E-state index contributed by atoms with van der Waals surface area (Å²) in [5.41, 5.74) is 0. The molecule has 0 saturated carbocycles. The van der Waals surface area contributed by atoms with Crippen LogP contribution in [0.5, 0.6) is 0 Å². The molecule has 0 amide bonds. The molecule has 2 N–H and O–H groups in total. The van der Waals surface area contributed by atoms with Gasteiger partial charge in [0.05, 0.1) is 0 Å². The quantitative estimate of drug-likeness (QED) is 0.563. The van der Waals surface area contributed by atoms with E-state index in [0.717, 1.165) is 18.6 Å². The van der Waals surface area contributed by atoms with Crippen LogP contribution < -0.4 is 10.6 Å². The Balaban J connectivity index is 1.62. The second kappa shape index (κ2) is 3.73. The van der Waals surface area contributed by atoms with Gasteiger partial charge in [-0.1, -0.05) is 0 Å². The van der Waals surface area contributed by atoms with Gasteiger partial charge in [-0.05, 0) is 33.0 Å². The fourth-order valence-corrected chi connectivity index (χ4v) is 2.27. The molecule has 3 aliphatic rings. The lowest BCUT2D eigenvalue weighted by molar-refractivity contribution is 0.0773. The molecule has 3 rings (SSSR count). The monoisotopic (exact) mass is 169 g/mol. The molecule has 2 atom stereocenters. The Bertz CT molecular complexity index is 133. The molecule has 0 spiro atoms. The largest absolute Gasteiger partial charge is 0.320 e. The summed E-state index contributed by atoms with van der Waals surface area (Å²) in [6.07, 6.45) is 2.71. The predicted molar refractivity (Wildman–Crippen MR) is 50.3 cm³/mol. The first-order chi connectivity index (χ1) is 5.88. The fraction of sp³-hybridized carbons (Fsp3) is 1.00. The minimum Gasteiger partial charge on any atom is -0.320 e. The van der Waals surface area contributed by atoms with Gasteiger partial charge in [0.25, 0.3) is 0 Å². The molecule has 2 unspecified atom stereocenters. The minimum atomic E-state index is 0.818. The Kier molecular flexibility index (Phi) is 2.63. The van der Waals surface area contributed by atoms with Crippen LogP contribution in [0.25, 0.3) is 0 Å². The van der Waals surface area contributed by atoms with Crippen LogP contribution in [-0.4, -0.2) is 50.2 Å². The molecule has 3 saturated heterocycles. The van der Waals surface area contributed by atoms with Gasteiger partial charge in [0, 0.05) is 25.2 Å². The Morgan fingerprint density at radius 3 is 2.67 bits per heavy atom. The fourth-order valence-electron chi connectivity index (χ4n) is 2.27. The van der Waals surface area contributed by atoms with Crippen LogP contribution in [0.4, 0.5) is 0 Å². The molecule has 70 valence electrons. The van der Waals surface area contributed by atoms with Crippen molar-refractivity contribution in [3.05, 3.63) is 0 Å². The normalized spacial score (nSPS) is 34.8. The topological polar surface area (TPSA) is 27.3 Å². The molecule has 12 heavy (non-hydrogen) atoms. The van der Waals surface area contributed by atoms with E-state index in [4.69, 9.17) is 0 Å². The average Bonchev–Trinajstić information content (AvgIpc) is 2.04. The maximum atomic E-state index is 3.54. The number of nitrogens with one attached hydrogen (secondary N) is 2. The van der Waals surface area contributed by atoms with E-state index in [2.05, 4.69) is 15.5 Å². The van der Waals surface area contributed by atoms with E-state index in [1.807, 2.05) is 7.05 Å². The van der Waals surface area contributed by atoms with Crippen LogP contribution in [0.3, 0.4) is 0 Å². The van der Waals surface area contributed by atoms with E-state index in [1.165, 1.54) is 32.5 Å². The summed E-state index contributed by atoms with van der Waals surface area (Å²) in [6, 6.07) is 1.64. The number of rotatable bonds is 4. The van der Waals surface area contributed by atoms with Gasteiger partial charge in [0.15, 0.2) is 0 Å². The number of fused-ring (bicyclic) bond motifs is 2. The first-order valence-electron chi connectivity index (χ1n) is 5.01. The third-order valence-corrected chi connectivity index (χ3v) is 2.90. The van der Waals surface area contributed by atoms with Crippen molar-refractivity contribution in [1.82, 2.24) is 15.5 Å². The molecular formula is C9H19N3. The number of piperidine rings is 1. The van der Waals surface area contributed by atoms with Crippen molar-refractivity contribution in [1.29, 1.82) is 0 Å². The summed E-state index contributed by atoms with van der Waals surface area (Å²) in [4.78, 5) is 2.59. The molecule has 3 heteroatoms. The third-order valence-electron chi connectivity index (χ3n) is 2.90. The molecule has 0 aromatic heterocycles. The van der Waals surface area contributed by atoms with Gasteiger partial charge in [-0.15, -0.1) is 0 Å². The summed E-state index contributed by atoms with van der Waals surface area (Å²) in [5.74, 6) is 0. The van der Waals surface area contributed by atoms with E-state index in [0.29, 0.717) is 0 Å². The molecule has 0 aliphatic carbocycles. The number of nitrogens with zero attached hydrogens (tertiary/aromatic N) is 1. The van der Waals surface area contributed by atoms with Gasteiger partial charge in [0.1, 0.15) is 0 Å². The smallest absolute Gasteiger partial charge is 0.0213 e. The Labute approximate surface area is 74.5 Å². The molecule has 0 aromatic rings. The van der Waals surface area contributed by atoms with Crippen LogP contribution in [0.2, 0.25) is 0 Å². The van der Waals surface area contributed by atoms with Crippen LogP contribution in [0, 0.1) is 0 Å². The maximum absolute atomic E-state index is 3.54. The number of hydrogen-bond acceptors (Lipinski definition) is 3. The van der Waals surface area contributed by atoms with Gasteiger partial charge < -0.3 is 15.5 Å². The molecular weight excluding hydrogens is 150 g/mol. The van der Waals surface area contributed by atoms with Crippen LogP contribution in [0.1, 0.15) is 12.8 Å². The zero-order valence-electron chi connectivity index (χ0n) is 7.84. The van der Waals surface area contributed by atoms with Crippen molar-refractivity contribution in [2.75, 3.05) is 33.2 Å². The van der Waals surface area contributed by atoms with E-state index in [9.17, 15) is 0 Å². The highest BCUT2D eigenvalue weighted by Gasteiger charge is 2.35. The minimum absolute atomic E-state index is 0.818. The third kappa shape index (κ3) is 1.79.